The van der Waals surface area contributed by atoms with Gasteiger partial charge >= 0.3 is 5.97 Å². The molecular formula is C24H27N3O3S. The van der Waals surface area contributed by atoms with Crippen LogP contribution in [0.2, 0.25) is 0 Å². The maximum absolute atomic E-state index is 12.8. The first-order valence-corrected chi connectivity index (χ1v) is 11.4. The van der Waals surface area contributed by atoms with Gasteiger partial charge in [0.25, 0.3) is 0 Å². The van der Waals surface area contributed by atoms with Crippen molar-refractivity contribution in [2.45, 2.75) is 31.8 Å². The van der Waals surface area contributed by atoms with E-state index in [0.717, 1.165) is 45.8 Å². The molecule has 4 rings (SSSR count). The molecule has 1 aromatic heterocycles. The third-order valence-corrected chi connectivity index (χ3v) is 6.58. The van der Waals surface area contributed by atoms with Gasteiger partial charge in [0.15, 0.2) is 0 Å². The van der Waals surface area contributed by atoms with Gasteiger partial charge in [-0.15, -0.1) is 11.3 Å². The molecule has 4 N–H and O–H groups in total. The molecule has 3 aromatic rings. The van der Waals surface area contributed by atoms with E-state index in [0.29, 0.717) is 18.6 Å². The number of thiophene rings is 1. The minimum atomic E-state index is -0.387. The fourth-order valence-electron chi connectivity index (χ4n) is 3.84. The Bertz CT molecular complexity index is 1070. The molecule has 0 amide bonds. The van der Waals surface area contributed by atoms with Gasteiger partial charge in [0, 0.05) is 21.7 Å². The van der Waals surface area contributed by atoms with Crippen LogP contribution < -0.4 is 15.8 Å². The fourth-order valence-corrected chi connectivity index (χ4v) is 4.98. The summed E-state index contributed by atoms with van der Waals surface area (Å²) in [6.45, 7) is 4.02. The highest BCUT2D eigenvalue weighted by atomic mass is 32.1. The van der Waals surface area contributed by atoms with Crippen LogP contribution in [0, 0.1) is 5.41 Å². The largest absolute Gasteiger partial charge is 0.489 e. The number of hydrogen-bond acceptors (Lipinski definition) is 6. The lowest BCUT2D eigenvalue weighted by atomic mass is 9.94. The molecule has 1 saturated heterocycles. The van der Waals surface area contributed by atoms with Crippen molar-refractivity contribution in [3.05, 3.63) is 64.5 Å². The highest BCUT2D eigenvalue weighted by Crippen LogP contribution is 2.32. The van der Waals surface area contributed by atoms with Crippen LogP contribution in [-0.2, 0) is 16.0 Å². The Morgan fingerprint density at radius 2 is 2.06 bits per heavy atom. The molecule has 6 nitrogen and oxygen atoms in total. The summed E-state index contributed by atoms with van der Waals surface area (Å²) in [5.74, 6) is 0.260. The molecular weight excluding hydrogens is 410 g/mol. The predicted octanol–water partition coefficient (Wildman–Crippen LogP) is 3.82. The topological polar surface area (TPSA) is 97.4 Å². The number of carbonyl (C=O) groups is 1. The van der Waals surface area contributed by atoms with E-state index in [-0.39, 0.29) is 23.8 Å². The monoisotopic (exact) mass is 437 g/mol. The van der Waals surface area contributed by atoms with Gasteiger partial charge in [-0.1, -0.05) is 24.3 Å². The zero-order chi connectivity index (χ0) is 21.8. The summed E-state index contributed by atoms with van der Waals surface area (Å²) in [5, 5.41) is 12.0. The van der Waals surface area contributed by atoms with Crippen LogP contribution >= 0.6 is 11.3 Å². The number of fused-ring (bicyclic) bond motifs is 1. The Balaban J connectivity index is 1.55. The lowest BCUT2D eigenvalue weighted by molar-refractivity contribution is -0.144. The molecule has 7 heteroatoms. The maximum Gasteiger partial charge on any atom is 0.313 e. The number of esters is 1. The molecule has 0 radical (unpaired) electrons. The van der Waals surface area contributed by atoms with Gasteiger partial charge in [0.05, 0.1) is 12.5 Å². The Kier molecular flexibility index (Phi) is 6.53. The molecule has 1 fully saturated rings. The van der Waals surface area contributed by atoms with E-state index in [1.54, 1.807) is 11.3 Å². The number of nitrogens with one attached hydrogen (secondary N) is 2. The third-order valence-electron chi connectivity index (χ3n) is 5.46. The number of rotatable bonds is 8. The van der Waals surface area contributed by atoms with Crippen LogP contribution in [0.5, 0.6) is 5.75 Å². The highest BCUT2D eigenvalue weighted by molar-refractivity contribution is 7.19. The zero-order valence-electron chi connectivity index (χ0n) is 17.5. The Morgan fingerprint density at radius 1 is 1.26 bits per heavy atom. The molecule has 0 aliphatic carbocycles. The molecule has 31 heavy (non-hydrogen) atoms. The van der Waals surface area contributed by atoms with Crippen molar-refractivity contribution in [3.8, 4) is 5.75 Å². The lowest BCUT2D eigenvalue weighted by Gasteiger charge is -2.17. The SMILES string of the molecule is CCOC(=O)C(Cc1cc2ccc(C(=N)N)cc2s1)c1ccc(O[C@H]2CCNC2)cc1. The van der Waals surface area contributed by atoms with Gasteiger partial charge in [-0.25, -0.2) is 0 Å². The summed E-state index contributed by atoms with van der Waals surface area (Å²) in [6.07, 6.45) is 1.76. The molecule has 2 atom stereocenters. The molecule has 2 aromatic carbocycles. The molecule has 0 saturated carbocycles. The first kappa shape index (κ1) is 21.3. The third kappa shape index (κ3) is 5.06. The van der Waals surface area contributed by atoms with Crippen molar-refractivity contribution in [1.29, 1.82) is 5.41 Å². The summed E-state index contributed by atoms with van der Waals surface area (Å²) < 4.78 is 12.4. The number of hydrogen-bond donors (Lipinski definition) is 3. The van der Waals surface area contributed by atoms with Crippen molar-refractivity contribution in [2.75, 3.05) is 19.7 Å². The predicted molar refractivity (Wildman–Crippen MR) is 124 cm³/mol. The number of amidine groups is 1. The van der Waals surface area contributed by atoms with Crippen LogP contribution in [0.1, 0.15) is 35.3 Å². The van der Waals surface area contributed by atoms with Gasteiger partial charge in [-0.05, 0) is 61.5 Å². The summed E-state index contributed by atoms with van der Waals surface area (Å²) in [7, 11) is 0. The summed E-state index contributed by atoms with van der Waals surface area (Å²) in [6, 6.07) is 15.6. The van der Waals surface area contributed by atoms with Crippen molar-refractivity contribution in [3.63, 3.8) is 0 Å². The molecule has 2 heterocycles. The highest BCUT2D eigenvalue weighted by Gasteiger charge is 2.24. The van der Waals surface area contributed by atoms with Crippen LogP contribution in [0.4, 0.5) is 0 Å². The lowest BCUT2D eigenvalue weighted by Crippen LogP contribution is -2.20. The van der Waals surface area contributed by atoms with Gasteiger partial charge in [0.2, 0.25) is 0 Å². The van der Waals surface area contributed by atoms with Gasteiger partial charge in [-0.3, -0.25) is 10.2 Å². The smallest absolute Gasteiger partial charge is 0.313 e. The van der Waals surface area contributed by atoms with E-state index in [2.05, 4.69) is 11.4 Å². The first-order chi connectivity index (χ1) is 15.0. The van der Waals surface area contributed by atoms with Crippen molar-refractivity contribution in [1.82, 2.24) is 5.32 Å². The average molecular weight is 438 g/mol. The van der Waals surface area contributed by atoms with Gasteiger partial charge in [0.1, 0.15) is 17.7 Å². The standard InChI is InChI=1S/C24H27N3O3S/c1-2-29-24(28)21(15-5-7-18(8-6-15)30-19-9-10-27-14-19)13-20-11-16-3-4-17(23(25)26)12-22(16)31-20/h3-8,11-12,19,21,27H,2,9-10,13-14H2,1H3,(H3,25,26)/t19-,21?/m0/s1. The Hall–Kier alpha value is -2.90. The van der Waals surface area contributed by atoms with E-state index in [4.69, 9.17) is 20.6 Å². The van der Waals surface area contributed by atoms with Crippen molar-refractivity contribution >= 4 is 33.2 Å². The Labute approximate surface area is 185 Å². The minimum Gasteiger partial charge on any atom is -0.489 e. The van der Waals surface area contributed by atoms with Gasteiger partial charge in [-0.2, -0.15) is 0 Å². The second-order valence-corrected chi connectivity index (χ2v) is 8.86. The molecule has 1 aliphatic rings. The van der Waals surface area contributed by atoms with E-state index in [1.807, 2.05) is 49.4 Å². The zero-order valence-corrected chi connectivity index (χ0v) is 18.3. The van der Waals surface area contributed by atoms with Gasteiger partial charge < -0.3 is 20.5 Å². The van der Waals surface area contributed by atoms with Crippen molar-refractivity contribution in [2.24, 2.45) is 5.73 Å². The number of nitrogens with two attached hydrogens (primary N) is 1. The van der Waals surface area contributed by atoms with E-state index < -0.39 is 0 Å². The summed E-state index contributed by atoms with van der Waals surface area (Å²) in [4.78, 5) is 13.9. The molecule has 162 valence electrons. The van der Waals surface area contributed by atoms with Crippen LogP contribution in [0.25, 0.3) is 10.1 Å². The number of ether oxygens (including phenoxy) is 2. The number of nitrogen functional groups attached to an aromatic ring is 1. The summed E-state index contributed by atoms with van der Waals surface area (Å²) >= 11 is 1.62. The molecule has 0 spiro atoms. The van der Waals surface area contributed by atoms with Crippen molar-refractivity contribution < 1.29 is 14.3 Å². The van der Waals surface area contributed by atoms with Crippen LogP contribution in [-0.4, -0.2) is 37.6 Å². The molecule has 1 unspecified atom stereocenters. The Morgan fingerprint density at radius 3 is 2.74 bits per heavy atom. The van der Waals surface area contributed by atoms with E-state index in [1.165, 1.54) is 0 Å². The maximum atomic E-state index is 12.8. The minimum absolute atomic E-state index is 0.0527. The average Bonchev–Trinajstić information content (AvgIpc) is 3.41. The molecule has 1 aliphatic heterocycles. The fraction of sp³-hybridized carbons (Fsp3) is 0.333. The van der Waals surface area contributed by atoms with E-state index in [9.17, 15) is 4.79 Å². The van der Waals surface area contributed by atoms with E-state index >= 15 is 0 Å². The number of carbonyl (C=O) groups excluding carboxylic acids is 1. The van der Waals surface area contributed by atoms with Crippen LogP contribution in [0.15, 0.2) is 48.5 Å². The molecule has 0 bridgehead atoms. The first-order valence-electron chi connectivity index (χ1n) is 10.5. The normalized spacial score (nSPS) is 16.9. The second-order valence-electron chi connectivity index (χ2n) is 7.69. The quantitative estimate of drug-likeness (QED) is 0.283. The van der Waals surface area contributed by atoms with Crippen LogP contribution in [0.3, 0.4) is 0 Å². The number of benzene rings is 2. The second kappa shape index (κ2) is 9.49. The summed E-state index contributed by atoms with van der Waals surface area (Å²) in [5.41, 5.74) is 7.24.